The summed E-state index contributed by atoms with van der Waals surface area (Å²) in [5.41, 5.74) is 0. The zero-order valence-corrected chi connectivity index (χ0v) is 51.5. The van der Waals surface area contributed by atoms with Crippen LogP contribution in [0.4, 0.5) is 0 Å². The fourth-order valence-corrected chi connectivity index (χ4v) is 9.89. The molecule has 0 aromatic heterocycles. The van der Waals surface area contributed by atoms with E-state index >= 15 is 0 Å². The average Bonchev–Trinajstić information content (AvgIpc) is 3.43. The Kier molecular flexibility index (Phi) is 63.2. The topological polar surface area (TPSA) is 78.9 Å². The Balaban J connectivity index is 4.35. The van der Waals surface area contributed by atoms with Gasteiger partial charge in [-0.05, 0) is 89.9 Å². The van der Waals surface area contributed by atoms with Gasteiger partial charge in [-0.2, -0.15) is 0 Å². The molecule has 0 aliphatic rings. The zero-order chi connectivity index (χ0) is 55.7. The number of hydrogen-bond acceptors (Lipinski definition) is 6. The highest BCUT2D eigenvalue weighted by Crippen LogP contribution is 2.17. The van der Waals surface area contributed by atoms with E-state index in [2.05, 4.69) is 81.5 Å². The lowest BCUT2D eigenvalue weighted by Gasteiger charge is -2.18. The highest BCUT2D eigenvalue weighted by molar-refractivity contribution is 5.71. The summed E-state index contributed by atoms with van der Waals surface area (Å²) in [5.74, 6) is -0.865. The fraction of sp³-hybridized carbons (Fsp3) is 0.817. The first-order valence-electron chi connectivity index (χ1n) is 33.8. The number of rotatable bonds is 62. The number of carbonyl (C=O) groups excluding carboxylic acids is 3. The van der Waals surface area contributed by atoms with Gasteiger partial charge in [-0.3, -0.25) is 14.4 Å². The molecule has 0 radical (unpaired) electrons. The molecule has 0 aliphatic carbocycles. The van der Waals surface area contributed by atoms with E-state index in [1.54, 1.807) is 0 Å². The fourth-order valence-electron chi connectivity index (χ4n) is 9.89. The number of carbonyl (C=O) groups is 3. The van der Waals surface area contributed by atoms with Gasteiger partial charge in [-0.15, -0.1) is 0 Å². The molecule has 77 heavy (non-hydrogen) atoms. The highest BCUT2D eigenvalue weighted by Gasteiger charge is 2.19. The van der Waals surface area contributed by atoms with Gasteiger partial charge in [0.25, 0.3) is 0 Å². The molecule has 0 saturated heterocycles. The van der Waals surface area contributed by atoms with Gasteiger partial charge in [-0.1, -0.05) is 306 Å². The minimum Gasteiger partial charge on any atom is -0.462 e. The van der Waals surface area contributed by atoms with Gasteiger partial charge in [0.1, 0.15) is 13.2 Å². The third-order valence-electron chi connectivity index (χ3n) is 15.0. The second-order valence-corrected chi connectivity index (χ2v) is 22.7. The molecule has 1 atom stereocenters. The molecule has 6 nitrogen and oxygen atoms in total. The van der Waals surface area contributed by atoms with Crippen LogP contribution in [0.3, 0.4) is 0 Å². The second kappa shape index (κ2) is 65.6. The van der Waals surface area contributed by atoms with Crippen LogP contribution >= 0.6 is 0 Å². The van der Waals surface area contributed by atoms with Crippen molar-refractivity contribution in [2.45, 2.75) is 361 Å². The van der Waals surface area contributed by atoms with Crippen molar-refractivity contribution in [1.82, 2.24) is 0 Å². The first-order chi connectivity index (χ1) is 38.0. The van der Waals surface area contributed by atoms with E-state index in [1.165, 1.54) is 231 Å². The van der Waals surface area contributed by atoms with E-state index in [0.717, 1.165) is 83.5 Å². The summed E-state index contributed by atoms with van der Waals surface area (Å²) in [6.45, 7) is 6.66. The minimum absolute atomic E-state index is 0.0748. The Morgan fingerprint density at radius 3 is 0.727 bits per heavy atom. The predicted molar refractivity (Wildman–Crippen MR) is 335 cm³/mol. The molecular formula is C71H128O6. The molecule has 0 bridgehead atoms. The molecule has 1 unspecified atom stereocenters. The highest BCUT2D eigenvalue weighted by atomic mass is 16.6. The standard InChI is InChI=1S/C71H128O6/c1-4-7-10-13-16-19-22-25-28-30-32-34-35-37-38-40-43-46-49-52-55-58-61-64-70(73)76-67-68(66-75-69(72)63-60-57-54-51-48-45-42-27-24-21-18-15-12-9-6-3)77-71(74)65-62-59-56-53-50-47-44-41-39-36-33-31-29-26-23-20-17-14-11-8-5-2/h22-23,25-26,30-33,35,37,68H,4-21,24,27-29,34,36,38-67H2,1-3H3/b25-22-,26-23-,32-30-,33-31-,37-35-. The summed E-state index contributed by atoms with van der Waals surface area (Å²) in [6.07, 6.45) is 83.7. The van der Waals surface area contributed by atoms with Crippen molar-refractivity contribution in [3.8, 4) is 0 Å². The lowest BCUT2D eigenvalue weighted by atomic mass is 10.0. The number of unbranched alkanes of at least 4 members (excludes halogenated alkanes) is 41. The molecule has 0 rings (SSSR count). The lowest BCUT2D eigenvalue weighted by molar-refractivity contribution is -0.167. The molecule has 0 N–H and O–H groups in total. The number of allylic oxidation sites excluding steroid dienone is 10. The summed E-state index contributed by atoms with van der Waals surface area (Å²) in [6, 6.07) is 0. The van der Waals surface area contributed by atoms with Gasteiger partial charge < -0.3 is 14.2 Å². The van der Waals surface area contributed by atoms with Gasteiger partial charge in [0, 0.05) is 19.3 Å². The Morgan fingerprint density at radius 2 is 0.468 bits per heavy atom. The molecule has 0 aromatic rings. The maximum absolute atomic E-state index is 12.9. The maximum atomic E-state index is 12.9. The van der Waals surface area contributed by atoms with Crippen LogP contribution in [0.15, 0.2) is 60.8 Å². The van der Waals surface area contributed by atoms with Crippen LogP contribution in [0.2, 0.25) is 0 Å². The smallest absolute Gasteiger partial charge is 0.306 e. The van der Waals surface area contributed by atoms with E-state index in [0.29, 0.717) is 19.3 Å². The summed E-state index contributed by atoms with van der Waals surface area (Å²) in [5, 5.41) is 0. The van der Waals surface area contributed by atoms with Crippen LogP contribution in [0.5, 0.6) is 0 Å². The number of ether oxygens (including phenoxy) is 3. The molecule has 0 saturated carbocycles. The van der Waals surface area contributed by atoms with Crippen molar-refractivity contribution in [3.63, 3.8) is 0 Å². The van der Waals surface area contributed by atoms with Gasteiger partial charge in [0.05, 0.1) is 0 Å². The monoisotopic (exact) mass is 1080 g/mol. The normalized spacial score (nSPS) is 12.4. The first-order valence-corrected chi connectivity index (χ1v) is 33.8. The Labute approximate surface area is 479 Å². The molecule has 0 aliphatic heterocycles. The predicted octanol–water partition coefficient (Wildman–Crippen LogP) is 23.1. The Morgan fingerprint density at radius 1 is 0.260 bits per heavy atom. The minimum atomic E-state index is -0.780. The van der Waals surface area contributed by atoms with E-state index in [4.69, 9.17) is 14.2 Å². The lowest BCUT2D eigenvalue weighted by Crippen LogP contribution is -2.30. The van der Waals surface area contributed by atoms with Gasteiger partial charge >= 0.3 is 17.9 Å². The van der Waals surface area contributed by atoms with E-state index < -0.39 is 6.10 Å². The van der Waals surface area contributed by atoms with Gasteiger partial charge in [0.2, 0.25) is 0 Å². The van der Waals surface area contributed by atoms with Crippen molar-refractivity contribution in [2.24, 2.45) is 0 Å². The molecule has 0 fully saturated rings. The quantitative estimate of drug-likeness (QED) is 0.0261. The average molecular weight is 1080 g/mol. The second-order valence-electron chi connectivity index (χ2n) is 22.7. The summed E-state index contributed by atoms with van der Waals surface area (Å²) >= 11 is 0. The Hall–Kier alpha value is -2.89. The third kappa shape index (κ3) is 63.8. The van der Waals surface area contributed by atoms with Crippen molar-refractivity contribution in [3.05, 3.63) is 60.8 Å². The molecule has 6 heteroatoms. The van der Waals surface area contributed by atoms with Crippen LogP contribution in [0.25, 0.3) is 0 Å². The molecule has 448 valence electrons. The summed E-state index contributed by atoms with van der Waals surface area (Å²) in [7, 11) is 0. The van der Waals surface area contributed by atoms with Crippen LogP contribution in [-0.4, -0.2) is 37.2 Å². The van der Waals surface area contributed by atoms with E-state index in [9.17, 15) is 14.4 Å². The van der Waals surface area contributed by atoms with Crippen molar-refractivity contribution >= 4 is 17.9 Å². The number of esters is 3. The first kappa shape index (κ1) is 74.1. The van der Waals surface area contributed by atoms with Crippen LogP contribution in [0, 0.1) is 0 Å². The van der Waals surface area contributed by atoms with E-state index in [1.807, 2.05) is 0 Å². The molecule has 0 heterocycles. The molecule has 0 aromatic carbocycles. The summed E-state index contributed by atoms with van der Waals surface area (Å²) < 4.78 is 17.0. The Bertz CT molecular complexity index is 1380. The van der Waals surface area contributed by atoms with Crippen molar-refractivity contribution in [2.75, 3.05) is 13.2 Å². The largest absolute Gasteiger partial charge is 0.462 e. The van der Waals surface area contributed by atoms with Gasteiger partial charge in [0.15, 0.2) is 6.10 Å². The SMILES string of the molecule is CCCCCCC/C=C\C/C=C\C/C=C\CCCCCCCCCCC(=O)OCC(COC(=O)CCCCCCCCCCCCCCCCC)OC(=O)CCCCCCCCCCC/C=C\C/C=C\CCCCCCC. The number of hydrogen-bond donors (Lipinski definition) is 0. The zero-order valence-electron chi connectivity index (χ0n) is 51.5. The van der Waals surface area contributed by atoms with Crippen LogP contribution < -0.4 is 0 Å². The van der Waals surface area contributed by atoms with Crippen LogP contribution in [-0.2, 0) is 28.6 Å². The molecule has 0 amide bonds. The van der Waals surface area contributed by atoms with Crippen molar-refractivity contribution in [1.29, 1.82) is 0 Å². The van der Waals surface area contributed by atoms with Gasteiger partial charge in [-0.25, -0.2) is 0 Å². The molecular weight excluding hydrogens is 949 g/mol. The maximum Gasteiger partial charge on any atom is 0.306 e. The van der Waals surface area contributed by atoms with Crippen LogP contribution in [0.1, 0.15) is 355 Å². The molecule has 0 spiro atoms. The third-order valence-corrected chi connectivity index (χ3v) is 15.0. The van der Waals surface area contributed by atoms with Crippen molar-refractivity contribution < 1.29 is 28.6 Å². The van der Waals surface area contributed by atoms with E-state index in [-0.39, 0.29) is 31.1 Å². The summed E-state index contributed by atoms with van der Waals surface area (Å²) in [4.78, 5) is 38.4.